The Labute approximate surface area is 120 Å². The lowest BCUT2D eigenvalue weighted by molar-refractivity contribution is -0.385. The molecule has 0 radical (unpaired) electrons. The fraction of sp³-hybridized carbons (Fsp3) is 0.462. The van der Waals surface area contributed by atoms with E-state index in [0.29, 0.717) is 12.5 Å². The van der Waals surface area contributed by atoms with Gasteiger partial charge in [-0.15, -0.1) is 0 Å². The molecule has 1 saturated carbocycles. The van der Waals surface area contributed by atoms with Gasteiger partial charge in [0.1, 0.15) is 0 Å². The molecule has 8 heteroatoms. The maximum atomic E-state index is 13.6. The molecule has 21 heavy (non-hydrogen) atoms. The van der Waals surface area contributed by atoms with Gasteiger partial charge in [0.25, 0.3) is 5.69 Å². The molecule has 0 saturated heterocycles. The number of nitrogens with two attached hydrogens (primary N) is 1. The minimum atomic E-state index is -0.810. The first-order valence-corrected chi connectivity index (χ1v) is 6.59. The number of ether oxygens (including phenoxy) is 1. The van der Waals surface area contributed by atoms with Crippen molar-refractivity contribution in [2.75, 3.05) is 6.61 Å². The van der Waals surface area contributed by atoms with E-state index in [9.17, 15) is 19.3 Å². The quantitative estimate of drug-likeness (QED) is 0.552. The number of nitrogens with zero attached hydrogens (tertiary/aromatic N) is 1. The molecule has 1 aliphatic carbocycles. The van der Waals surface area contributed by atoms with Crippen LogP contribution in [-0.4, -0.2) is 29.5 Å². The van der Waals surface area contributed by atoms with Crippen LogP contribution in [0.1, 0.15) is 19.3 Å². The number of hydrogen-bond acceptors (Lipinski definition) is 5. The Hall–Kier alpha value is -2.22. The van der Waals surface area contributed by atoms with E-state index in [2.05, 4.69) is 5.32 Å². The summed E-state index contributed by atoms with van der Waals surface area (Å²) >= 11 is 0. The Kier molecular flexibility index (Phi) is 4.69. The van der Waals surface area contributed by atoms with Crippen molar-refractivity contribution in [2.24, 2.45) is 5.73 Å². The highest BCUT2D eigenvalue weighted by Gasteiger charge is 2.27. The van der Waals surface area contributed by atoms with Crippen molar-refractivity contribution in [3.8, 4) is 5.75 Å². The molecule has 1 aliphatic rings. The van der Waals surface area contributed by atoms with Crippen molar-refractivity contribution in [1.82, 2.24) is 5.32 Å². The van der Waals surface area contributed by atoms with E-state index >= 15 is 0 Å². The molecule has 2 rings (SSSR count). The Morgan fingerprint density at radius 3 is 2.81 bits per heavy atom. The topological polar surface area (TPSA) is 107 Å². The molecule has 0 heterocycles. The van der Waals surface area contributed by atoms with E-state index in [0.717, 1.165) is 25.0 Å². The van der Waals surface area contributed by atoms with Crippen LogP contribution in [0.3, 0.4) is 0 Å². The van der Waals surface area contributed by atoms with Crippen LogP contribution in [0, 0.1) is 15.9 Å². The SMILES string of the molecule is NC(=O)C(CCOc1ccc([N+](=O)[O-])cc1F)NC1CC1. The monoisotopic (exact) mass is 297 g/mol. The predicted octanol–water partition coefficient (Wildman–Crippen LogP) is 1.11. The number of rotatable bonds is 8. The third-order valence-electron chi connectivity index (χ3n) is 3.15. The fourth-order valence-corrected chi connectivity index (χ4v) is 1.85. The lowest BCUT2D eigenvalue weighted by atomic mass is 10.2. The predicted molar refractivity (Wildman–Crippen MR) is 72.3 cm³/mol. The number of benzene rings is 1. The molecule has 0 aromatic heterocycles. The van der Waals surface area contributed by atoms with Crippen LogP contribution in [0.2, 0.25) is 0 Å². The molecule has 7 nitrogen and oxygen atoms in total. The van der Waals surface area contributed by atoms with Gasteiger partial charge in [-0.1, -0.05) is 0 Å². The minimum Gasteiger partial charge on any atom is -0.490 e. The van der Waals surface area contributed by atoms with Crippen LogP contribution in [0.4, 0.5) is 10.1 Å². The molecule has 3 N–H and O–H groups in total. The first-order valence-electron chi connectivity index (χ1n) is 6.59. The van der Waals surface area contributed by atoms with Crippen LogP contribution < -0.4 is 15.8 Å². The summed E-state index contributed by atoms with van der Waals surface area (Å²) in [7, 11) is 0. The van der Waals surface area contributed by atoms with Gasteiger partial charge in [0.15, 0.2) is 11.6 Å². The molecule has 114 valence electrons. The molecule has 1 aromatic carbocycles. The van der Waals surface area contributed by atoms with Gasteiger partial charge in [-0.25, -0.2) is 4.39 Å². The van der Waals surface area contributed by atoms with E-state index in [1.165, 1.54) is 6.07 Å². The Morgan fingerprint density at radius 2 is 2.29 bits per heavy atom. The fourth-order valence-electron chi connectivity index (χ4n) is 1.85. The highest BCUT2D eigenvalue weighted by Crippen LogP contribution is 2.23. The van der Waals surface area contributed by atoms with Gasteiger partial charge in [-0.05, 0) is 18.9 Å². The molecular weight excluding hydrogens is 281 g/mol. The lowest BCUT2D eigenvalue weighted by Crippen LogP contribution is -2.43. The van der Waals surface area contributed by atoms with Gasteiger partial charge in [-0.3, -0.25) is 14.9 Å². The average molecular weight is 297 g/mol. The van der Waals surface area contributed by atoms with Gasteiger partial charge < -0.3 is 15.8 Å². The smallest absolute Gasteiger partial charge is 0.272 e. The summed E-state index contributed by atoms with van der Waals surface area (Å²) in [5.74, 6) is -1.38. The summed E-state index contributed by atoms with van der Waals surface area (Å²) in [6, 6.07) is 2.95. The molecule has 1 atom stereocenters. The maximum Gasteiger partial charge on any atom is 0.272 e. The molecular formula is C13H16FN3O4. The standard InChI is InChI=1S/C13H16FN3O4/c14-10-7-9(17(19)20)3-4-12(10)21-6-5-11(13(15)18)16-8-1-2-8/h3-4,7-8,11,16H,1-2,5-6H2,(H2,15,18). The number of primary amides is 1. The zero-order valence-electron chi connectivity index (χ0n) is 11.3. The molecule has 0 aliphatic heterocycles. The molecule has 1 amide bonds. The van der Waals surface area contributed by atoms with Crippen molar-refractivity contribution < 1.29 is 18.8 Å². The minimum absolute atomic E-state index is 0.0854. The second-order valence-electron chi connectivity index (χ2n) is 4.90. The molecule has 0 bridgehead atoms. The van der Waals surface area contributed by atoms with Crippen molar-refractivity contribution in [3.63, 3.8) is 0 Å². The average Bonchev–Trinajstić information content (AvgIpc) is 3.22. The normalized spacial score (nSPS) is 15.5. The van der Waals surface area contributed by atoms with Crippen LogP contribution in [0.15, 0.2) is 18.2 Å². The van der Waals surface area contributed by atoms with Gasteiger partial charge in [0.2, 0.25) is 5.91 Å². The summed E-state index contributed by atoms with van der Waals surface area (Å²) in [6.45, 7) is 0.0854. The van der Waals surface area contributed by atoms with Crippen molar-refractivity contribution in [2.45, 2.75) is 31.3 Å². The summed E-state index contributed by atoms with van der Waals surface area (Å²) in [5, 5.41) is 13.6. The van der Waals surface area contributed by atoms with E-state index in [1.807, 2.05) is 0 Å². The van der Waals surface area contributed by atoms with Gasteiger partial charge in [0.05, 0.1) is 23.6 Å². The lowest BCUT2D eigenvalue weighted by Gasteiger charge is -2.15. The third-order valence-corrected chi connectivity index (χ3v) is 3.15. The van der Waals surface area contributed by atoms with Gasteiger partial charge >= 0.3 is 0 Å². The number of halogens is 1. The van der Waals surface area contributed by atoms with Crippen molar-refractivity contribution in [1.29, 1.82) is 0 Å². The van der Waals surface area contributed by atoms with Crippen LogP contribution in [0.25, 0.3) is 0 Å². The van der Waals surface area contributed by atoms with Crippen LogP contribution in [0.5, 0.6) is 5.75 Å². The Morgan fingerprint density at radius 1 is 1.57 bits per heavy atom. The van der Waals surface area contributed by atoms with E-state index in [4.69, 9.17) is 10.5 Å². The number of non-ortho nitro benzene ring substituents is 1. The second-order valence-corrected chi connectivity index (χ2v) is 4.90. The van der Waals surface area contributed by atoms with Gasteiger partial charge in [-0.2, -0.15) is 0 Å². The molecule has 1 aromatic rings. The highest BCUT2D eigenvalue weighted by atomic mass is 19.1. The summed E-state index contributed by atoms with van der Waals surface area (Å²) in [4.78, 5) is 21.1. The number of hydrogen-bond donors (Lipinski definition) is 2. The summed E-state index contributed by atoms with van der Waals surface area (Å²) < 4.78 is 18.8. The summed E-state index contributed by atoms with van der Waals surface area (Å²) in [5.41, 5.74) is 4.93. The number of nitro benzene ring substituents is 1. The molecule has 1 unspecified atom stereocenters. The number of carbonyl (C=O) groups is 1. The summed E-state index contributed by atoms with van der Waals surface area (Å²) in [6.07, 6.45) is 2.34. The third kappa shape index (κ3) is 4.38. The number of nitro groups is 1. The molecule has 1 fully saturated rings. The zero-order valence-corrected chi connectivity index (χ0v) is 11.3. The second kappa shape index (κ2) is 6.49. The van der Waals surface area contributed by atoms with Gasteiger partial charge in [0, 0.05) is 18.5 Å². The largest absolute Gasteiger partial charge is 0.490 e. The first kappa shape index (κ1) is 15.2. The van der Waals surface area contributed by atoms with Crippen LogP contribution >= 0.6 is 0 Å². The Bertz CT molecular complexity index is 548. The number of amides is 1. The highest BCUT2D eigenvalue weighted by molar-refractivity contribution is 5.79. The first-order chi connectivity index (χ1) is 9.97. The number of nitrogens with one attached hydrogen (secondary N) is 1. The molecule has 0 spiro atoms. The van der Waals surface area contributed by atoms with E-state index in [1.54, 1.807) is 0 Å². The zero-order chi connectivity index (χ0) is 15.4. The van der Waals surface area contributed by atoms with Crippen LogP contribution in [-0.2, 0) is 4.79 Å². The number of carbonyl (C=O) groups excluding carboxylic acids is 1. The van der Waals surface area contributed by atoms with Crippen molar-refractivity contribution in [3.05, 3.63) is 34.1 Å². The maximum absolute atomic E-state index is 13.6. The van der Waals surface area contributed by atoms with E-state index in [-0.39, 0.29) is 18.0 Å². The van der Waals surface area contributed by atoms with Crippen molar-refractivity contribution >= 4 is 11.6 Å². The van der Waals surface area contributed by atoms with E-state index < -0.39 is 22.7 Å². The Balaban J connectivity index is 1.87.